The van der Waals surface area contributed by atoms with Crippen LogP contribution >= 0.6 is 15.9 Å². The maximum Gasteiger partial charge on any atom is 0.407 e. The lowest BCUT2D eigenvalue weighted by Crippen LogP contribution is -2.41. The fourth-order valence-corrected chi connectivity index (χ4v) is 4.71. The Morgan fingerprint density at radius 2 is 1.93 bits per heavy atom. The Hall–Kier alpha value is -2.13. The Kier molecular flexibility index (Phi) is 4.95. The van der Waals surface area contributed by atoms with Gasteiger partial charge < -0.3 is 4.98 Å². The topological polar surface area (TPSA) is 85.8 Å². The molecule has 28 heavy (non-hydrogen) atoms. The van der Waals surface area contributed by atoms with Gasteiger partial charge in [0.05, 0.1) is 16.2 Å². The summed E-state index contributed by atoms with van der Waals surface area (Å²) in [6, 6.07) is 2.68. The van der Waals surface area contributed by atoms with Crippen molar-refractivity contribution in [2.75, 3.05) is 4.72 Å². The zero-order chi connectivity index (χ0) is 20.9. The van der Waals surface area contributed by atoms with Crippen molar-refractivity contribution in [2.24, 2.45) is 5.41 Å². The smallest absolute Gasteiger partial charge is 0.363 e. The van der Waals surface area contributed by atoms with Crippen molar-refractivity contribution in [2.45, 2.75) is 30.3 Å². The van der Waals surface area contributed by atoms with Crippen molar-refractivity contribution in [3.05, 3.63) is 45.7 Å². The summed E-state index contributed by atoms with van der Waals surface area (Å²) in [6.07, 6.45) is -5.45. The zero-order valence-electron chi connectivity index (χ0n) is 13.8. The SMILES string of the molecule is N#C[C@]1(C(F)(F)F)CCc2c(S(=O)(=O)Nc3cc(F)c(Br)cc3F)c[nH]c2C1. The van der Waals surface area contributed by atoms with Gasteiger partial charge in [0, 0.05) is 24.4 Å². The highest BCUT2D eigenvalue weighted by atomic mass is 79.9. The molecule has 12 heteroatoms. The molecule has 0 saturated carbocycles. The molecule has 5 nitrogen and oxygen atoms in total. The number of nitriles is 1. The van der Waals surface area contributed by atoms with Gasteiger partial charge >= 0.3 is 6.18 Å². The van der Waals surface area contributed by atoms with Gasteiger partial charge in [-0.25, -0.2) is 17.2 Å². The number of aromatic nitrogens is 1. The van der Waals surface area contributed by atoms with Crippen LogP contribution in [0.25, 0.3) is 0 Å². The first-order valence-electron chi connectivity index (χ1n) is 7.75. The molecule has 0 radical (unpaired) electrons. The van der Waals surface area contributed by atoms with Gasteiger partial charge in [-0.3, -0.25) is 4.72 Å². The standard InChI is InChI=1S/C16H11BrF5N3O2S/c17-9-3-11(19)12(4-10(9)18)25-28(26,27)14-6-24-13-5-15(7-23,16(20,21)22)2-1-8(13)14/h3-4,6,24-25H,1-2,5H2/t15-/m0/s1. The van der Waals surface area contributed by atoms with Crippen LogP contribution in [-0.2, 0) is 22.9 Å². The molecule has 3 rings (SSSR count). The van der Waals surface area contributed by atoms with Crippen LogP contribution in [0.3, 0.4) is 0 Å². The number of fused-ring (bicyclic) bond motifs is 1. The van der Waals surface area contributed by atoms with Crippen molar-refractivity contribution in [3.8, 4) is 6.07 Å². The Morgan fingerprint density at radius 1 is 1.25 bits per heavy atom. The second-order valence-electron chi connectivity index (χ2n) is 6.33. The van der Waals surface area contributed by atoms with E-state index < -0.39 is 51.8 Å². The third kappa shape index (κ3) is 3.37. The number of nitrogens with zero attached hydrogens (tertiary/aromatic N) is 1. The van der Waals surface area contributed by atoms with Crippen LogP contribution in [0.5, 0.6) is 0 Å². The van der Waals surface area contributed by atoms with E-state index in [0.29, 0.717) is 6.07 Å². The molecule has 0 bridgehead atoms. The molecular weight excluding hydrogens is 473 g/mol. The molecule has 1 aromatic heterocycles. The number of hydrogen-bond acceptors (Lipinski definition) is 3. The summed E-state index contributed by atoms with van der Waals surface area (Å²) in [5, 5.41) is 9.05. The molecule has 2 aromatic rings. The van der Waals surface area contributed by atoms with Crippen LogP contribution in [0, 0.1) is 28.4 Å². The minimum absolute atomic E-state index is 0.0343. The van der Waals surface area contributed by atoms with Gasteiger partial charge in [-0.1, -0.05) is 0 Å². The summed E-state index contributed by atoms with van der Waals surface area (Å²) < 4.78 is 94.3. The monoisotopic (exact) mass is 483 g/mol. The number of hydrogen-bond donors (Lipinski definition) is 2. The van der Waals surface area contributed by atoms with Crippen molar-refractivity contribution in [1.29, 1.82) is 5.26 Å². The number of rotatable bonds is 3. The van der Waals surface area contributed by atoms with E-state index in [4.69, 9.17) is 5.26 Å². The average Bonchev–Trinajstić information content (AvgIpc) is 3.02. The first kappa shape index (κ1) is 20.6. The van der Waals surface area contributed by atoms with E-state index in [1.54, 1.807) is 0 Å². The molecule has 0 amide bonds. The molecule has 0 fully saturated rings. The van der Waals surface area contributed by atoms with Crippen LogP contribution in [0.4, 0.5) is 27.6 Å². The fraction of sp³-hybridized carbons (Fsp3) is 0.312. The van der Waals surface area contributed by atoms with Gasteiger partial charge in [0.2, 0.25) is 0 Å². The van der Waals surface area contributed by atoms with Crippen LogP contribution in [0.2, 0.25) is 0 Å². The molecule has 1 heterocycles. The lowest BCUT2D eigenvalue weighted by atomic mass is 9.74. The first-order chi connectivity index (χ1) is 12.9. The largest absolute Gasteiger partial charge is 0.407 e. The van der Waals surface area contributed by atoms with Crippen molar-refractivity contribution in [1.82, 2.24) is 4.98 Å². The lowest BCUT2D eigenvalue weighted by Gasteiger charge is -2.32. The number of sulfonamides is 1. The average molecular weight is 484 g/mol. The van der Waals surface area contributed by atoms with Gasteiger partial charge in [0.25, 0.3) is 10.0 Å². The molecule has 1 atom stereocenters. The van der Waals surface area contributed by atoms with Gasteiger partial charge in [0.1, 0.15) is 16.5 Å². The number of H-pyrrole nitrogens is 1. The Labute approximate surface area is 164 Å². The lowest BCUT2D eigenvalue weighted by molar-refractivity contribution is -0.206. The van der Waals surface area contributed by atoms with E-state index in [-0.39, 0.29) is 27.0 Å². The van der Waals surface area contributed by atoms with Gasteiger partial charge in [-0.15, -0.1) is 0 Å². The minimum atomic E-state index is -4.78. The van der Waals surface area contributed by atoms with Crippen LogP contribution < -0.4 is 4.72 Å². The number of halogens is 6. The number of anilines is 1. The quantitative estimate of drug-likeness (QED) is 0.500. The normalized spacial score (nSPS) is 19.8. The van der Waals surface area contributed by atoms with E-state index in [2.05, 4.69) is 20.9 Å². The van der Waals surface area contributed by atoms with Gasteiger partial charge in [-0.2, -0.15) is 18.4 Å². The molecule has 1 aliphatic rings. The van der Waals surface area contributed by atoms with E-state index in [1.807, 2.05) is 4.72 Å². The molecule has 1 aromatic carbocycles. The second kappa shape index (κ2) is 6.73. The highest BCUT2D eigenvalue weighted by molar-refractivity contribution is 9.10. The van der Waals surface area contributed by atoms with E-state index >= 15 is 0 Å². The molecule has 0 unspecified atom stereocenters. The first-order valence-corrected chi connectivity index (χ1v) is 10.0. The van der Waals surface area contributed by atoms with E-state index in [0.717, 1.165) is 12.3 Å². The van der Waals surface area contributed by atoms with Crippen molar-refractivity contribution < 1.29 is 30.4 Å². The Balaban J connectivity index is 1.96. The van der Waals surface area contributed by atoms with Gasteiger partial charge in [0.15, 0.2) is 5.41 Å². The third-order valence-corrected chi connectivity index (χ3v) is 6.66. The summed E-state index contributed by atoms with van der Waals surface area (Å²) in [5.41, 5.74) is -3.21. The van der Waals surface area contributed by atoms with Crippen LogP contribution in [0.15, 0.2) is 27.7 Å². The summed E-state index contributed by atoms with van der Waals surface area (Å²) in [6.45, 7) is 0. The molecule has 150 valence electrons. The number of alkyl halides is 3. The molecular formula is C16H11BrF5N3O2S. The molecule has 0 saturated heterocycles. The highest BCUT2D eigenvalue weighted by Crippen LogP contribution is 2.48. The van der Waals surface area contributed by atoms with Crippen LogP contribution in [0.1, 0.15) is 17.7 Å². The van der Waals surface area contributed by atoms with E-state index in [1.165, 1.54) is 6.07 Å². The van der Waals surface area contributed by atoms with Crippen molar-refractivity contribution in [3.63, 3.8) is 0 Å². The molecule has 1 aliphatic carbocycles. The number of nitrogens with one attached hydrogen (secondary N) is 2. The second-order valence-corrected chi connectivity index (χ2v) is 8.84. The predicted octanol–water partition coefficient (Wildman–Crippen LogP) is 4.42. The summed E-state index contributed by atoms with van der Waals surface area (Å²) in [5.74, 6) is -1.94. The predicted molar refractivity (Wildman–Crippen MR) is 91.8 cm³/mol. The Morgan fingerprint density at radius 3 is 2.54 bits per heavy atom. The number of aromatic amines is 1. The van der Waals surface area contributed by atoms with E-state index in [9.17, 15) is 30.4 Å². The zero-order valence-corrected chi connectivity index (χ0v) is 16.2. The third-order valence-electron chi connectivity index (χ3n) is 4.62. The maximum atomic E-state index is 13.9. The summed E-state index contributed by atoms with van der Waals surface area (Å²) in [4.78, 5) is 2.09. The van der Waals surface area contributed by atoms with Gasteiger partial charge in [-0.05, 0) is 40.4 Å². The fourth-order valence-electron chi connectivity index (χ4n) is 3.08. The minimum Gasteiger partial charge on any atom is -0.363 e. The van der Waals surface area contributed by atoms with Crippen molar-refractivity contribution >= 4 is 31.6 Å². The molecule has 0 spiro atoms. The molecule has 2 N–H and O–H groups in total. The highest BCUT2D eigenvalue weighted by Gasteiger charge is 2.57. The van der Waals surface area contributed by atoms with Crippen LogP contribution in [-0.4, -0.2) is 19.6 Å². The maximum absolute atomic E-state index is 13.9. The Bertz CT molecular complexity index is 1090. The number of benzene rings is 1. The summed E-state index contributed by atoms with van der Waals surface area (Å²) >= 11 is 2.77. The summed E-state index contributed by atoms with van der Waals surface area (Å²) in [7, 11) is -4.41. The molecule has 0 aliphatic heterocycles.